The summed E-state index contributed by atoms with van der Waals surface area (Å²) in [5, 5.41) is 20.0. The molecule has 8 nitrogen and oxygen atoms in total. The van der Waals surface area contributed by atoms with Crippen LogP contribution in [0.3, 0.4) is 0 Å². The van der Waals surface area contributed by atoms with E-state index >= 15 is 0 Å². The Morgan fingerprint density at radius 2 is 2.12 bits per heavy atom. The number of pyridine rings is 1. The van der Waals surface area contributed by atoms with Gasteiger partial charge in [0.1, 0.15) is 12.4 Å². The number of aromatic nitrogens is 1. The number of nitro benzene ring substituents is 1. The van der Waals surface area contributed by atoms with Crippen molar-refractivity contribution in [2.45, 2.75) is 18.4 Å². The molecule has 0 aliphatic heterocycles. The summed E-state index contributed by atoms with van der Waals surface area (Å²) in [7, 11) is 1.54. The highest BCUT2D eigenvalue weighted by Crippen LogP contribution is 2.41. The minimum atomic E-state index is -0.982. The predicted octanol–water partition coefficient (Wildman–Crippen LogP) is 3.18. The van der Waals surface area contributed by atoms with E-state index in [0.29, 0.717) is 16.9 Å². The average molecular weight is 343 g/mol. The third kappa shape index (κ3) is 3.52. The fraction of sp³-hybridized carbons (Fsp3) is 0.294. The van der Waals surface area contributed by atoms with Crippen LogP contribution in [0.1, 0.15) is 12.8 Å². The lowest BCUT2D eigenvalue weighted by Gasteiger charge is -2.25. The molecule has 1 aliphatic rings. The Morgan fingerprint density at radius 1 is 1.36 bits per heavy atom. The van der Waals surface area contributed by atoms with E-state index in [1.54, 1.807) is 24.4 Å². The molecule has 0 atom stereocenters. The van der Waals surface area contributed by atoms with Crippen molar-refractivity contribution >= 4 is 11.8 Å². The molecule has 1 heterocycles. The number of likely N-dealkylation sites (N-methyl/N-ethyl adjacent to an activating group) is 1. The van der Waals surface area contributed by atoms with Crippen molar-refractivity contribution in [1.29, 1.82) is 0 Å². The minimum absolute atomic E-state index is 0.00355. The summed E-state index contributed by atoms with van der Waals surface area (Å²) < 4.78 is 5.74. The molecule has 0 bridgehead atoms. The summed E-state index contributed by atoms with van der Waals surface area (Å²) in [6.45, 7) is 0.246. The second-order valence-electron chi connectivity index (χ2n) is 6.07. The molecule has 0 unspecified atom stereocenters. The van der Waals surface area contributed by atoms with E-state index in [1.165, 1.54) is 30.3 Å². The van der Waals surface area contributed by atoms with Crippen LogP contribution in [0.5, 0.6) is 5.75 Å². The maximum atomic E-state index is 11.1. The van der Waals surface area contributed by atoms with Crippen LogP contribution in [0.25, 0.3) is 11.1 Å². The molecular formula is C17H17N3O5. The molecule has 1 fully saturated rings. The van der Waals surface area contributed by atoms with E-state index < -0.39 is 16.6 Å². The SMILES string of the molecule is CN(C(=O)O)C1(COc2cncc(-c3cccc([N+](=O)[O-])c3)c2)CC1. The van der Waals surface area contributed by atoms with Gasteiger partial charge in [-0.2, -0.15) is 0 Å². The number of nitrogens with zero attached hydrogens (tertiary/aromatic N) is 3. The fourth-order valence-electron chi connectivity index (χ4n) is 2.60. The molecule has 2 aromatic rings. The molecule has 25 heavy (non-hydrogen) atoms. The molecule has 1 amide bonds. The van der Waals surface area contributed by atoms with E-state index in [0.717, 1.165) is 12.8 Å². The van der Waals surface area contributed by atoms with Crippen LogP contribution in [0.4, 0.5) is 10.5 Å². The number of hydrogen-bond donors (Lipinski definition) is 1. The van der Waals surface area contributed by atoms with Crippen LogP contribution in [0, 0.1) is 10.1 Å². The van der Waals surface area contributed by atoms with Crippen molar-refractivity contribution < 1.29 is 19.6 Å². The normalized spacial score (nSPS) is 14.6. The number of rotatable bonds is 6. The highest BCUT2D eigenvalue weighted by atomic mass is 16.6. The van der Waals surface area contributed by atoms with Gasteiger partial charge in [0.25, 0.3) is 5.69 Å². The summed E-state index contributed by atoms with van der Waals surface area (Å²) in [6.07, 6.45) is 3.67. The van der Waals surface area contributed by atoms with Crippen LogP contribution in [0.2, 0.25) is 0 Å². The van der Waals surface area contributed by atoms with Crippen molar-refractivity contribution in [3.05, 3.63) is 52.8 Å². The van der Waals surface area contributed by atoms with Crippen LogP contribution in [0.15, 0.2) is 42.7 Å². The van der Waals surface area contributed by atoms with E-state index in [9.17, 15) is 14.9 Å². The first kappa shape index (κ1) is 16.7. The van der Waals surface area contributed by atoms with Crippen LogP contribution in [-0.4, -0.2) is 45.2 Å². The number of carboxylic acid groups (broad SMARTS) is 1. The van der Waals surface area contributed by atoms with Crippen LogP contribution in [-0.2, 0) is 0 Å². The number of nitro groups is 1. The van der Waals surface area contributed by atoms with Crippen molar-refractivity contribution in [3.63, 3.8) is 0 Å². The average Bonchev–Trinajstić information content (AvgIpc) is 3.41. The van der Waals surface area contributed by atoms with Crippen LogP contribution < -0.4 is 4.74 Å². The Balaban J connectivity index is 1.75. The smallest absolute Gasteiger partial charge is 0.407 e. The highest BCUT2D eigenvalue weighted by Gasteiger charge is 2.49. The Bertz CT molecular complexity index is 819. The van der Waals surface area contributed by atoms with E-state index in [-0.39, 0.29) is 12.3 Å². The largest absolute Gasteiger partial charge is 0.490 e. The topological polar surface area (TPSA) is 106 Å². The number of hydrogen-bond acceptors (Lipinski definition) is 5. The molecule has 1 aromatic carbocycles. The van der Waals surface area contributed by atoms with Gasteiger partial charge in [0.15, 0.2) is 0 Å². The number of non-ortho nitro benzene ring substituents is 1. The van der Waals surface area contributed by atoms with Crippen molar-refractivity contribution in [2.75, 3.05) is 13.7 Å². The van der Waals surface area contributed by atoms with Gasteiger partial charge in [0.2, 0.25) is 0 Å². The molecule has 0 spiro atoms. The molecule has 8 heteroatoms. The molecule has 3 rings (SSSR count). The molecule has 1 saturated carbocycles. The van der Waals surface area contributed by atoms with Crippen molar-refractivity contribution in [3.8, 4) is 16.9 Å². The quantitative estimate of drug-likeness (QED) is 0.638. The lowest BCUT2D eigenvalue weighted by molar-refractivity contribution is -0.384. The maximum absolute atomic E-state index is 11.1. The number of benzene rings is 1. The number of amides is 1. The molecule has 0 radical (unpaired) electrons. The van der Waals surface area contributed by atoms with Crippen molar-refractivity contribution in [2.24, 2.45) is 0 Å². The van der Waals surface area contributed by atoms with Gasteiger partial charge < -0.3 is 14.7 Å². The molecule has 1 aliphatic carbocycles. The zero-order valence-electron chi connectivity index (χ0n) is 13.6. The molecule has 1 aromatic heterocycles. The van der Waals surface area contributed by atoms with Gasteiger partial charge in [0, 0.05) is 30.9 Å². The third-order valence-electron chi connectivity index (χ3n) is 4.44. The maximum Gasteiger partial charge on any atom is 0.407 e. The molecule has 0 saturated heterocycles. The Hall–Kier alpha value is -3.16. The Morgan fingerprint density at radius 3 is 2.76 bits per heavy atom. The van der Waals surface area contributed by atoms with Gasteiger partial charge in [-0.1, -0.05) is 12.1 Å². The van der Waals surface area contributed by atoms with E-state index in [1.807, 2.05) is 0 Å². The Kier molecular flexibility index (Phi) is 4.26. The Labute approximate surface area is 143 Å². The highest BCUT2D eigenvalue weighted by molar-refractivity contribution is 5.67. The first-order chi connectivity index (χ1) is 11.9. The van der Waals surface area contributed by atoms with Gasteiger partial charge >= 0.3 is 6.09 Å². The van der Waals surface area contributed by atoms with Gasteiger partial charge in [0.05, 0.1) is 16.7 Å². The zero-order valence-corrected chi connectivity index (χ0v) is 13.6. The summed E-state index contributed by atoms with van der Waals surface area (Å²) >= 11 is 0. The standard InChI is InChI=1S/C17H17N3O5/c1-19(16(21)22)17(5-6-17)11-25-15-8-13(9-18-10-15)12-3-2-4-14(7-12)20(23)24/h2-4,7-10H,5-6,11H2,1H3,(H,21,22). The fourth-order valence-corrected chi connectivity index (χ4v) is 2.60. The summed E-state index contributed by atoms with van der Waals surface area (Å²) in [6, 6.07) is 8.01. The van der Waals surface area contributed by atoms with E-state index in [4.69, 9.17) is 9.84 Å². The molecule has 1 N–H and O–H groups in total. The minimum Gasteiger partial charge on any atom is -0.490 e. The summed E-state index contributed by atoms with van der Waals surface area (Å²) in [5.41, 5.74) is 0.880. The van der Waals surface area contributed by atoms with Crippen LogP contribution >= 0.6 is 0 Å². The molecule has 130 valence electrons. The van der Waals surface area contributed by atoms with E-state index in [2.05, 4.69) is 4.98 Å². The van der Waals surface area contributed by atoms with Gasteiger partial charge in [-0.15, -0.1) is 0 Å². The van der Waals surface area contributed by atoms with Crippen molar-refractivity contribution in [1.82, 2.24) is 9.88 Å². The number of carbonyl (C=O) groups is 1. The third-order valence-corrected chi connectivity index (χ3v) is 4.44. The second kappa shape index (κ2) is 6.39. The number of ether oxygens (including phenoxy) is 1. The van der Waals surface area contributed by atoms with Gasteiger partial charge in [-0.25, -0.2) is 4.79 Å². The second-order valence-corrected chi connectivity index (χ2v) is 6.07. The first-order valence-electron chi connectivity index (χ1n) is 7.71. The lowest BCUT2D eigenvalue weighted by atomic mass is 10.1. The molecular weight excluding hydrogens is 326 g/mol. The monoisotopic (exact) mass is 343 g/mol. The predicted molar refractivity (Wildman–Crippen MR) is 89.6 cm³/mol. The lowest BCUT2D eigenvalue weighted by Crippen LogP contribution is -2.42. The zero-order chi connectivity index (χ0) is 18.0. The summed E-state index contributed by atoms with van der Waals surface area (Å²) in [5.74, 6) is 0.495. The first-order valence-corrected chi connectivity index (χ1v) is 7.71. The van der Waals surface area contributed by atoms with Gasteiger partial charge in [-0.05, 0) is 24.5 Å². The summed E-state index contributed by atoms with van der Waals surface area (Å²) in [4.78, 5) is 27.0. The van der Waals surface area contributed by atoms with Gasteiger partial charge in [-0.3, -0.25) is 15.1 Å².